The van der Waals surface area contributed by atoms with Gasteiger partial charge in [0.1, 0.15) is 0 Å². The zero-order valence-electron chi connectivity index (χ0n) is 11.8. The third kappa shape index (κ3) is 3.37. The first-order valence-electron chi connectivity index (χ1n) is 6.69. The number of morpholine rings is 1. The minimum atomic E-state index is -0.310. The van der Waals surface area contributed by atoms with Gasteiger partial charge in [0.15, 0.2) is 0 Å². The van der Waals surface area contributed by atoms with E-state index in [1.165, 1.54) is 18.4 Å². The molecule has 1 fully saturated rings. The summed E-state index contributed by atoms with van der Waals surface area (Å²) in [4.78, 5) is 26.4. The number of amides is 1. The molecule has 1 atom stereocenters. The van der Waals surface area contributed by atoms with E-state index in [0.29, 0.717) is 19.7 Å². The largest absolute Gasteiger partial charge is 0.469 e. The highest BCUT2D eigenvalue weighted by atomic mass is 32.1. The lowest BCUT2D eigenvalue weighted by atomic mass is 10.1. The summed E-state index contributed by atoms with van der Waals surface area (Å²) in [7, 11) is 1.35. The molecule has 1 aromatic heterocycles. The van der Waals surface area contributed by atoms with Crippen LogP contribution >= 0.6 is 11.3 Å². The molecule has 1 aromatic rings. The molecule has 0 spiro atoms. The fraction of sp³-hybridized carbons (Fsp3) is 0.571. The number of hydrogen-bond acceptors (Lipinski definition) is 5. The molecular weight excluding hydrogens is 278 g/mol. The third-order valence-corrected chi connectivity index (χ3v) is 4.31. The molecule has 1 amide bonds. The second kappa shape index (κ2) is 6.85. The maximum atomic E-state index is 12.5. The second-order valence-corrected chi connectivity index (χ2v) is 5.57. The first-order chi connectivity index (χ1) is 9.65. The standard InChI is InChI=1S/C14H19NO4S/c1-3-10-4-7-20-13(10)14(17)15-5-6-19-11(9-15)8-12(16)18-2/h4,7,11H,3,5-6,8-9H2,1-2H3. The van der Waals surface area contributed by atoms with Crippen LogP contribution in [0.25, 0.3) is 0 Å². The van der Waals surface area contributed by atoms with Crippen molar-refractivity contribution in [3.05, 3.63) is 21.9 Å². The Labute approximate surface area is 122 Å². The van der Waals surface area contributed by atoms with Crippen molar-refractivity contribution in [2.75, 3.05) is 26.8 Å². The molecule has 0 aromatic carbocycles. The first-order valence-corrected chi connectivity index (χ1v) is 7.57. The van der Waals surface area contributed by atoms with E-state index >= 15 is 0 Å². The van der Waals surface area contributed by atoms with Crippen molar-refractivity contribution < 1.29 is 19.1 Å². The van der Waals surface area contributed by atoms with Gasteiger partial charge in [-0.1, -0.05) is 6.92 Å². The Morgan fingerprint density at radius 1 is 1.55 bits per heavy atom. The van der Waals surface area contributed by atoms with E-state index in [1.807, 2.05) is 18.4 Å². The maximum Gasteiger partial charge on any atom is 0.308 e. The Morgan fingerprint density at radius 2 is 2.35 bits per heavy atom. The monoisotopic (exact) mass is 297 g/mol. The summed E-state index contributed by atoms with van der Waals surface area (Å²) < 4.78 is 10.2. The summed E-state index contributed by atoms with van der Waals surface area (Å²) in [5.41, 5.74) is 1.08. The van der Waals surface area contributed by atoms with Crippen LogP contribution in [0.1, 0.15) is 28.6 Å². The van der Waals surface area contributed by atoms with Crippen molar-refractivity contribution in [2.24, 2.45) is 0 Å². The van der Waals surface area contributed by atoms with Gasteiger partial charge >= 0.3 is 5.97 Å². The molecule has 0 aliphatic carbocycles. The summed E-state index contributed by atoms with van der Waals surface area (Å²) in [6, 6.07) is 1.99. The Balaban J connectivity index is 2.01. The van der Waals surface area contributed by atoms with E-state index < -0.39 is 0 Å². The van der Waals surface area contributed by atoms with Gasteiger partial charge in [-0.15, -0.1) is 11.3 Å². The number of ether oxygens (including phenoxy) is 2. The van der Waals surface area contributed by atoms with Gasteiger partial charge in [0, 0.05) is 13.1 Å². The van der Waals surface area contributed by atoms with Crippen molar-refractivity contribution in [1.29, 1.82) is 0 Å². The highest BCUT2D eigenvalue weighted by Gasteiger charge is 2.28. The number of hydrogen-bond donors (Lipinski definition) is 0. The van der Waals surface area contributed by atoms with Gasteiger partial charge in [0.25, 0.3) is 5.91 Å². The fourth-order valence-corrected chi connectivity index (χ4v) is 3.20. The van der Waals surface area contributed by atoms with Gasteiger partial charge in [-0.2, -0.15) is 0 Å². The van der Waals surface area contributed by atoms with Crippen LogP contribution in [-0.2, 0) is 20.7 Å². The average Bonchev–Trinajstić information content (AvgIpc) is 2.95. The molecule has 110 valence electrons. The Bertz CT molecular complexity index is 485. The molecule has 20 heavy (non-hydrogen) atoms. The summed E-state index contributed by atoms with van der Waals surface area (Å²) in [6.45, 7) is 3.50. The molecule has 0 bridgehead atoms. The van der Waals surface area contributed by atoms with Crippen LogP contribution in [0, 0.1) is 0 Å². The molecule has 1 aliphatic heterocycles. The van der Waals surface area contributed by atoms with Crippen molar-refractivity contribution >= 4 is 23.2 Å². The van der Waals surface area contributed by atoms with E-state index in [0.717, 1.165) is 16.9 Å². The number of methoxy groups -OCH3 is 1. The molecule has 0 N–H and O–H groups in total. The molecule has 1 unspecified atom stereocenters. The van der Waals surface area contributed by atoms with Crippen molar-refractivity contribution in [3.8, 4) is 0 Å². The lowest BCUT2D eigenvalue weighted by Crippen LogP contribution is -2.46. The average molecular weight is 297 g/mol. The summed E-state index contributed by atoms with van der Waals surface area (Å²) in [5, 5.41) is 1.94. The SMILES string of the molecule is CCc1ccsc1C(=O)N1CCOC(CC(=O)OC)C1. The lowest BCUT2D eigenvalue weighted by molar-refractivity contribution is -0.145. The van der Waals surface area contributed by atoms with Crippen molar-refractivity contribution in [1.82, 2.24) is 4.90 Å². The molecule has 1 aliphatic rings. The van der Waals surface area contributed by atoms with Crippen LogP contribution in [0.4, 0.5) is 0 Å². The predicted molar refractivity (Wildman–Crippen MR) is 76.0 cm³/mol. The van der Waals surface area contributed by atoms with Gasteiger partial charge in [-0.25, -0.2) is 0 Å². The Hall–Kier alpha value is -1.40. The van der Waals surface area contributed by atoms with Gasteiger partial charge in [-0.3, -0.25) is 9.59 Å². The van der Waals surface area contributed by atoms with Crippen LogP contribution in [0.15, 0.2) is 11.4 Å². The summed E-state index contributed by atoms with van der Waals surface area (Å²) in [6.07, 6.45) is 0.761. The number of thiophene rings is 1. The van der Waals surface area contributed by atoms with Gasteiger partial charge in [0.05, 0.1) is 31.1 Å². The maximum absolute atomic E-state index is 12.5. The van der Waals surface area contributed by atoms with E-state index in [4.69, 9.17) is 4.74 Å². The van der Waals surface area contributed by atoms with Crippen LogP contribution in [0.5, 0.6) is 0 Å². The van der Waals surface area contributed by atoms with Gasteiger partial charge in [-0.05, 0) is 23.4 Å². The topological polar surface area (TPSA) is 55.8 Å². The molecular formula is C14H19NO4S. The highest BCUT2D eigenvalue weighted by Crippen LogP contribution is 2.21. The molecule has 6 heteroatoms. The van der Waals surface area contributed by atoms with Crippen LogP contribution < -0.4 is 0 Å². The smallest absolute Gasteiger partial charge is 0.308 e. The number of nitrogens with zero attached hydrogens (tertiary/aromatic N) is 1. The normalized spacial score (nSPS) is 18.9. The number of esters is 1. The first kappa shape index (κ1) is 15.0. The van der Waals surface area contributed by atoms with Crippen molar-refractivity contribution in [2.45, 2.75) is 25.9 Å². The lowest BCUT2D eigenvalue weighted by Gasteiger charge is -2.32. The zero-order chi connectivity index (χ0) is 14.5. The van der Waals surface area contributed by atoms with Crippen molar-refractivity contribution in [3.63, 3.8) is 0 Å². The van der Waals surface area contributed by atoms with Gasteiger partial charge < -0.3 is 14.4 Å². The predicted octanol–water partition coefficient (Wildman–Crippen LogP) is 1.71. The van der Waals surface area contributed by atoms with Crippen LogP contribution in [0.3, 0.4) is 0 Å². The van der Waals surface area contributed by atoms with E-state index in [-0.39, 0.29) is 24.4 Å². The number of aryl methyl sites for hydroxylation is 1. The minimum absolute atomic E-state index is 0.0371. The fourth-order valence-electron chi connectivity index (χ4n) is 2.24. The zero-order valence-corrected chi connectivity index (χ0v) is 12.6. The van der Waals surface area contributed by atoms with Crippen LogP contribution in [-0.4, -0.2) is 49.7 Å². The second-order valence-electron chi connectivity index (χ2n) is 4.65. The molecule has 0 radical (unpaired) electrons. The molecule has 1 saturated heterocycles. The molecule has 2 rings (SSSR count). The van der Waals surface area contributed by atoms with E-state index in [1.54, 1.807) is 4.90 Å². The third-order valence-electron chi connectivity index (χ3n) is 3.37. The number of rotatable bonds is 4. The molecule has 5 nitrogen and oxygen atoms in total. The molecule has 0 saturated carbocycles. The Morgan fingerprint density at radius 3 is 3.05 bits per heavy atom. The highest BCUT2D eigenvalue weighted by molar-refractivity contribution is 7.12. The summed E-state index contributed by atoms with van der Waals surface area (Å²) in [5.74, 6) is -0.273. The van der Waals surface area contributed by atoms with Crippen LogP contribution in [0.2, 0.25) is 0 Å². The van der Waals surface area contributed by atoms with E-state index in [2.05, 4.69) is 4.74 Å². The summed E-state index contributed by atoms with van der Waals surface area (Å²) >= 11 is 1.47. The quantitative estimate of drug-likeness (QED) is 0.794. The van der Waals surface area contributed by atoms with Gasteiger partial charge in [0.2, 0.25) is 0 Å². The number of carbonyl (C=O) groups excluding carboxylic acids is 2. The van der Waals surface area contributed by atoms with E-state index in [9.17, 15) is 9.59 Å². The number of carbonyl (C=O) groups is 2. The molecule has 2 heterocycles. The Kier molecular flexibility index (Phi) is 5.14. The minimum Gasteiger partial charge on any atom is -0.469 e.